The topological polar surface area (TPSA) is 63.2 Å². The second-order valence-electron chi connectivity index (χ2n) is 6.24. The molecule has 2 heterocycles. The van der Waals surface area contributed by atoms with Gasteiger partial charge in [-0.3, -0.25) is 9.79 Å². The van der Waals surface area contributed by atoms with Gasteiger partial charge in [0.2, 0.25) is 0 Å². The molecule has 1 spiro atoms. The lowest BCUT2D eigenvalue weighted by Gasteiger charge is -2.24. The fourth-order valence-corrected chi connectivity index (χ4v) is 3.02. The van der Waals surface area contributed by atoms with Crippen LogP contribution in [-0.2, 0) is 14.3 Å². The SMILES string of the molecule is CN=C(NCCC(=O)OC(C)C)N1CCC2(CCOC2)C1. The molecule has 2 aliphatic heterocycles. The van der Waals surface area contributed by atoms with Crippen LogP contribution in [0, 0.1) is 5.41 Å². The third kappa shape index (κ3) is 4.33. The standard InChI is InChI=1S/C15H27N3O3/c1-12(2)21-13(19)4-7-17-14(16-3)18-8-5-15(10-18)6-9-20-11-15/h12H,4-11H2,1-3H3,(H,16,17). The van der Waals surface area contributed by atoms with Crippen molar-refractivity contribution >= 4 is 11.9 Å². The molecule has 0 aromatic rings. The van der Waals surface area contributed by atoms with E-state index in [1.807, 2.05) is 13.8 Å². The molecule has 2 fully saturated rings. The summed E-state index contributed by atoms with van der Waals surface area (Å²) in [6.45, 7) is 8.00. The number of nitrogens with zero attached hydrogens (tertiary/aromatic N) is 2. The lowest BCUT2D eigenvalue weighted by Crippen LogP contribution is -2.42. The van der Waals surface area contributed by atoms with Crippen molar-refractivity contribution in [2.45, 2.75) is 39.2 Å². The molecular weight excluding hydrogens is 270 g/mol. The summed E-state index contributed by atoms with van der Waals surface area (Å²) in [5, 5.41) is 3.26. The van der Waals surface area contributed by atoms with Crippen LogP contribution >= 0.6 is 0 Å². The quantitative estimate of drug-likeness (QED) is 0.477. The summed E-state index contributed by atoms with van der Waals surface area (Å²) in [5.41, 5.74) is 0.314. The molecule has 0 bridgehead atoms. The van der Waals surface area contributed by atoms with Gasteiger partial charge in [0, 0.05) is 38.7 Å². The number of hydrogen-bond donors (Lipinski definition) is 1. The van der Waals surface area contributed by atoms with Crippen molar-refractivity contribution in [2.24, 2.45) is 10.4 Å². The zero-order valence-electron chi connectivity index (χ0n) is 13.4. The molecule has 0 saturated carbocycles. The van der Waals surface area contributed by atoms with Crippen LogP contribution in [0.4, 0.5) is 0 Å². The summed E-state index contributed by atoms with van der Waals surface area (Å²) in [6.07, 6.45) is 2.60. The summed E-state index contributed by atoms with van der Waals surface area (Å²) in [4.78, 5) is 18.1. The van der Waals surface area contributed by atoms with Crippen molar-refractivity contribution in [3.8, 4) is 0 Å². The second-order valence-corrected chi connectivity index (χ2v) is 6.24. The highest BCUT2D eigenvalue weighted by molar-refractivity contribution is 5.81. The van der Waals surface area contributed by atoms with E-state index in [0.717, 1.165) is 45.1 Å². The Morgan fingerprint density at radius 2 is 2.29 bits per heavy atom. The minimum absolute atomic E-state index is 0.0578. The van der Waals surface area contributed by atoms with Crippen LogP contribution in [0.25, 0.3) is 0 Å². The van der Waals surface area contributed by atoms with Gasteiger partial charge in [0.05, 0.1) is 19.1 Å². The first-order valence-electron chi connectivity index (χ1n) is 7.77. The van der Waals surface area contributed by atoms with Gasteiger partial charge in [-0.05, 0) is 26.7 Å². The van der Waals surface area contributed by atoms with E-state index in [-0.39, 0.29) is 12.1 Å². The number of likely N-dealkylation sites (tertiary alicyclic amines) is 1. The first kappa shape index (κ1) is 16.1. The van der Waals surface area contributed by atoms with E-state index in [4.69, 9.17) is 9.47 Å². The smallest absolute Gasteiger partial charge is 0.307 e. The zero-order chi connectivity index (χ0) is 15.3. The molecule has 0 aromatic heterocycles. The van der Waals surface area contributed by atoms with Gasteiger partial charge in [-0.15, -0.1) is 0 Å². The summed E-state index contributed by atoms with van der Waals surface area (Å²) in [6, 6.07) is 0. The van der Waals surface area contributed by atoms with Crippen molar-refractivity contribution in [3.63, 3.8) is 0 Å². The van der Waals surface area contributed by atoms with Crippen LogP contribution in [0.3, 0.4) is 0 Å². The normalized spacial score (nSPS) is 25.9. The molecule has 0 radical (unpaired) electrons. The molecule has 120 valence electrons. The lowest BCUT2D eigenvalue weighted by molar-refractivity contribution is -0.147. The largest absolute Gasteiger partial charge is 0.463 e. The van der Waals surface area contributed by atoms with Gasteiger partial charge in [0.25, 0.3) is 0 Å². The molecule has 2 rings (SSSR count). The zero-order valence-corrected chi connectivity index (χ0v) is 13.4. The van der Waals surface area contributed by atoms with E-state index in [1.165, 1.54) is 0 Å². The molecule has 6 heteroatoms. The van der Waals surface area contributed by atoms with E-state index in [1.54, 1.807) is 7.05 Å². The summed E-state index contributed by atoms with van der Waals surface area (Å²) in [5.74, 6) is 0.700. The van der Waals surface area contributed by atoms with Crippen LogP contribution in [0.15, 0.2) is 4.99 Å². The van der Waals surface area contributed by atoms with Gasteiger partial charge >= 0.3 is 5.97 Å². The van der Waals surface area contributed by atoms with Crippen molar-refractivity contribution in [1.82, 2.24) is 10.2 Å². The molecule has 0 amide bonds. The number of nitrogens with one attached hydrogen (secondary N) is 1. The van der Waals surface area contributed by atoms with E-state index < -0.39 is 0 Å². The summed E-state index contributed by atoms with van der Waals surface area (Å²) < 4.78 is 10.7. The Morgan fingerprint density at radius 3 is 2.90 bits per heavy atom. The van der Waals surface area contributed by atoms with Gasteiger partial charge in [0.15, 0.2) is 5.96 Å². The van der Waals surface area contributed by atoms with Crippen molar-refractivity contribution < 1.29 is 14.3 Å². The van der Waals surface area contributed by atoms with E-state index in [9.17, 15) is 4.79 Å². The van der Waals surface area contributed by atoms with Crippen LogP contribution in [0.2, 0.25) is 0 Å². The molecule has 21 heavy (non-hydrogen) atoms. The number of hydrogen-bond acceptors (Lipinski definition) is 4. The Balaban J connectivity index is 1.75. The van der Waals surface area contributed by atoms with Gasteiger partial charge in [-0.1, -0.05) is 0 Å². The number of esters is 1. The number of carbonyl (C=O) groups is 1. The molecule has 1 atom stereocenters. The van der Waals surface area contributed by atoms with Crippen LogP contribution in [0.1, 0.15) is 33.1 Å². The fraction of sp³-hybridized carbons (Fsp3) is 0.867. The Kier molecular flexibility index (Phi) is 5.45. The van der Waals surface area contributed by atoms with E-state index in [0.29, 0.717) is 18.4 Å². The van der Waals surface area contributed by atoms with Gasteiger partial charge in [-0.25, -0.2) is 0 Å². The lowest BCUT2D eigenvalue weighted by atomic mass is 9.87. The highest BCUT2D eigenvalue weighted by Crippen LogP contribution is 2.38. The molecule has 2 aliphatic rings. The average Bonchev–Trinajstić information content (AvgIpc) is 3.05. The first-order chi connectivity index (χ1) is 10.0. The molecular formula is C15H27N3O3. The Labute approximate surface area is 126 Å². The van der Waals surface area contributed by atoms with E-state index in [2.05, 4.69) is 15.2 Å². The summed E-state index contributed by atoms with van der Waals surface area (Å²) in [7, 11) is 1.78. The minimum Gasteiger partial charge on any atom is -0.463 e. The van der Waals surface area contributed by atoms with E-state index >= 15 is 0 Å². The van der Waals surface area contributed by atoms with Gasteiger partial charge in [-0.2, -0.15) is 0 Å². The maximum atomic E-state index is 11.5. The molecule has 2 saturated heterocycles. The summed E-state index contributed by atoms with van der Waals surface area (Å²) >= 11 is 0. The fourth-order valence-electron chi connectivity index (χ4n) is 3.02. The van der Waals surface area contributed by atoms with Crippen molar-refractivity contribution in [1.29, 1.82) is 0 Å². The highest BCUT2D eigenvalue weighted by Gasteiger charge is 2.42. The van der Waals surface area contributed by atoms with Crippen molar-refractivity contribution in [2.75, 3.05) is 39.9 Å². The number of ether oxygens (including phenoxy) is 2. The van der Waals surface area contributed by atoms with Gasteiger partial charge in [0.1, 0.15) is 0 Å². The van der Waals surface area contributed by atoms with Crippen LogP contribution < -0.4 is 5.32 Å². The first-order valence-corrected chi connectivity index (χ1v) is 7.77. The highest BCUT2D eigenvalue weighted by atomic mass is 16.5. The monoisotopic (exact) mass is 297 g/mol. The number of carbonyl (C=O) groups excluding carboxylic acids is 1. The molecule has 0 aromatic carbocycles. The van der Waals surface area contributed by atoms with Crippen LogP contribution in [-0.4, -0.2) is 62.8 Å². The van der Waals surface area contributed by atoms with Gasteiger partial charge < -0.3 is 19.7 Å². The molecule has 1 unspecified atom stereocenters. The molecule has 1 N–H and O–H groups in total. The maximum absolute atomic E-state index is 11.5. The minimum atomic E-state index is -0.171. The number of guanidine groups is 1. The number of rotatable bonds is 4. The second kappa shape index (κ2) is 7.11. The van der Waals surface area contributed by atoms with Crippen molar-refractivity contribution in [3.05, 3.63) is 0 Å². The third-order valence-electron chi connectivity index (χ3n) is 4.11. The Hall–Kier alpha value is -1.30. The Morgan fingerprint density at radius 1 is 1.48 bits per heavy atom. The predicted molar refractivity (Wildman–Crippen MR) is 81.3 cm³/mol. The Bertz CT molecular complexity index is 390. The van der Waals surface area contributed by atoms with Crippen LogP contribution in [0.5, 0.6) is 0 Å². The predicted octanol–water partition coefficient (Wildman–Crippen LogP) is 1.02. The average molecular weight is 297 g/mol. The molecule has 0 aliphatic carbocycles. The molecule has 6 nitrogen and oxygen atoms in total. The third-order valence-corrected chi connectivity index (χ3v) is 4.11. The maximum Gasteiger partial charge on any atom is 0.307 e. The number of aliphatic imine (C=N–C) groups is 1.